The number of nitrogens with zero attached hydrogens (tertiary/aromatic N) is 1. The Balaban J connectivity index is 2.13. The van der Waals surface area contributed by atoms with Crippen molar-refractivity contribution in [1.29, 1.82) is 0 Å². The summed E-state index contributed by atoms with van der Waals surface area (Å²) in [6.07, 6.45) is 2.28. The van der Waals surface area contributed by atoms with Crippen LogP contribution < -0.4 is 5.32 Å². The number of nitrogens with one attached hydrogen (secondary N) is 2. The molecule has 0 saturated heterocycles. The Hall–Kier alpha value is -2.17. The van der Waals surface area contributed by atoms with E-state index in [0.717, 1.165) is 11.3 Å². The van der Waals surface area contributed by atoms with E-state index < -0.39 is 0 Å². The Morgan fingerprint density at radius 3 is 2.63 bits per heavy atom. The predicted molar refractivity (Wildman–Crippen MR) is 71.4 cm³/mol. The second-order valence-corrected chi connectivity index (χ2v) is 4.42. The molecule has 1 aromatic heterocycles. The third kappa shape index (κ3) is 3.19. The molecule has 2 N–H and O–H groups in total. The van der Waals surface area contributed by atoms with Gasteiger partial charge in [0.05, 0.1) is 5.92 Å². The largest absolute Gasteiger partial charge is 0.328 e. The van der Waals surface area contributed by atoms with Gasteiger partial charge in [-0.05, 0) is 31.0 Å². The molecule has 100 valence electrons. The third-order valence-corrected chi connectivity index (χ3v) is 2.94. The number of amides is 1. The van der Waals surface area contributed by atoms with Gasteiger partial charge >= 0.3 is 0 Å². The molecule has 4 nitrogen and oxygen atoms in total. The number of H-pyrrole nitrogens is 1. The summed E-state index contributed by atoms with van der Waals surface area (Å²) in [5.74, 6) is -0.335. The highest BCUT2D eigenvalue weighted by molar-refractivity contribution is 5.94. The summed E-state index contributed by atoms with van der Waals surface area (Å²) in [6.45, 7) is 3.78. The first-order chi connectivity index (χ1) is 9.10. The van der Waals surface area contributed by atoms with Gasteiger partial charge in [-0.2, -0.15) is 0 Å². The van der Waals surface area contributed by atoms with Gasteiger partial charge in [-0.3, -0.25) is 10.1 Å². The van der Waals surface area contributed by atoms with Gasteiger partial charge in [0.2, 0.25) is 11.9 Å². The fourth-order valence-electron chi connectivity index (χ4n) is 1.95. The Morgan fingerprint density at radius 1 is 1.42 bits per heavy atom. The maximum atomic E-state index is 12.9. The van der Waals surface area contributed by atoms with Crippen LogP contribution in [-0.4, -0.2) is 15.9 Å². The van der Waals surface area contributed by atoms with Gasteiger partial charge in [0, 0.05) is 11.9 Å². The van der Waals surface area contributed by atoms with Crippen molar-refractivity contribution < 1.29 is 9.18 Å². The predicted octanol–water partition coefficient (Wildman–Crippen LogP) is 2.99. The second kappa shape index (κ2) is 5.65. The number of aryl methyl sites for hydroxylation is 1. The summed E-state index contributed by atoms with van der Waals surface area (Å²) >= 11 is 0. The van der Waals surface area contributed by atoms with E-state index in [2.05, 4.69) is 15.3 Å². The molecule has 2 rings (SSSR count). The van der Waals surface area contributed by atoms with Gasteiger partial charge in [-0.25, -0.2) is 9.37 Å². The minimum absolute atomic E-state index is 0.150. The summed E-state index contributed by atoms with van der Waals surface area (Å²) < 4.78 is 12.9. The number of anilines is 1. The fourth-order valence-corrected chi connectivity index (χ4v) is 1.95. The maximum absolute atomic E-state index is 12.9. The van der Waals surface area contributed by atoms with Gasteiger partial charge < -0.3 is 4.98 Å². The van der Waals surface area contributed by atoms with Crippen LogP contribution in [0, 0.1) is 12.7 Å². The van der Waals surface area contributed by atoms with E-state index >= 15 is 0 Å². The second-order valence-electron chi connectivity index (χ2n) is 4.42. The number of aromatic amines is 1. The molecular formula is C14H16FN3O. The lowest BCUT2D eigenvalue weighted by Gasteiger charge is -2.14. The van der Waals surface area contributed by atoms with Crippen LogP contribution in [0.25, 0.3) is 0 Å². The molecule has 1 amide bonds. The molecule has 5 heteroatoms. The first-order valence-corrected chi connectivity index (χ1v) is 6.18. The van der Waals surface area contributed by atoms with E-state index in [1.54, 1.807) is 18.3 Å². The van der Waals surface area contributed by atoms with E-state index in [1.807, 2.05) is 13.8 Å². The smallest absolute Gasteiger partial charge is 0.234 e. The standard InChI is InChI=1S/C14H16FN3O/c1-3-12(10-4-6-11(15)7-5-10)13(19)18-14-16-8-9(2)17-14/h4-8,12H,3H2,1-2H3,(H2,16,17,18,19). The topological polar surface area (TPSA) is 57.8 Å². The van der Waals surface area contributed by atoms with Crippen LogP contribution in [0.5, 0.6) is 0 Å². The summed E-state index contributed by atoms with van der Waals surface area (Å²) in [7, 11) is 0. The van der Waals surface area contributed by atoms with Crippen LogP contribution in [0.15, 0.2) is 30.5 Å². The number of aromatic nitrogens is 2. The molecule has 19 heavy (non-hydrogen) atoms. The molecule has 0 radical (unpaired) electrons. The molecule has 0 fully saturated rings. The van der Waals surface area contributed by atoms with Crippen molar-refractivity contribution in [3.63, 3.8) is 0 Å². The Kier molecular flexibility index (Phi) is 3.94. The number of hydrogen-bond acceptors (Lipinski definition) is 2. The summed E-state index contributed by atoms with van der Waals surface area (Å²) in [5.41, 5.74) is 1.68. The fraction of sp³-hybridized carbons (Fsp3) is 0.286. The van der Waals surface area contributed by atoms with Gasteiger partial charge in [0.25, 0.3) is 0 Å². The summed E-state index contributed by atoms with van der Waals surface area (Å²) in [6, 6.07) is 6.00. The van der Waals surface area contributed by atoms with Crippen molar-refractivity contribution in [2.45, 2.75) is 26.2 Å². The number of carbonyl (C=O) groups is 1. The Bertz CT molecular complexity index is 562. The number of carbonyl (C=O) groups excluding carboxylic acids is 1. The molecule has 0 aliphatic carbocycles. The molecule has 0 bridgehead atoms. The lowest BCUT2D eigenvalue weighted by atomic mass is 9.96. The SMILES string of the molecule is CCC(C(=O)Nc1ncc(C)[nH]1)c1ccc(F)cc1. The first-order valence-electron chi connectivity index (χ1n) is 6.18. The van der Waals surface area contributed by atoms with E-state index in [4.69, 9.17) is 0 Å². The molecule has 1 atom stereocenters. The van der Waals surface area contributed by atoms with Crippen molar-refractivity contribution in [3.8, 4) is 0 Å². The zero-order valence-corrected chi connectivity index (χ0v) is 10.9. The molecule has 1 unspecified atom stereocenters. The van der Waals surface area contributed by atoms with Gasteiger partial charge in [0.15, 0.2) is 0 Å². The van der Waals surface area contributed by atoms with Crippen molar-refractivity contribution in [3.05, 3.63) is 47.5 Å². The number of imidazole rings is 1. The van der Waals surface area contributed by atoms with Crippen molar-refractivity contribution in [1.82, 2.24) is 9.97 Å². The number of hydrogen-bond donors (Lipinski definition) is 2. The van der Waals surface area contributed by atoms with Crippen LogP contribution in [0.4, 0.5) is 10.3 Å². The van der Waals surface area contributed by atoms with E-state index in [0.29, 0.717) is 12.4 Å². The highest BCUT2D eigenvalue weighted by Gasteiger charge is 2.19. The number of halogens is 1. The molecular weight excluding hydrogens is 245 g/mol. The van der Waals surface area contributed by atoms with Crippen molar-refractivity contribution in [2.75, 3.05) is 5.32 Å². The Morgan fingerprint density at radius 2 is 2.11 bits per heavy atom. The van der Waals surface area contributed by atoms with Crippen LogP contribution >= 0.6 is 0 Å². The monoisotopic (exact) mass is 261 g/mol. The highest BCUT2D eigenvalue weighted by Crippen LogP contribution is 2.21. The number of benzene rings is 1. The number of rotatable bonds is 4. The van der Waals surface area contributed by atoms with Crippen LogP contribution in [0.1, 0.15) is 30.5 Å². The lowest BCUT2D eigenvalue weighted by Crippen LogP contribution is -2.21. The van der Waals surface area contributed by atoms with Crippen LogP contribution in [0.3, 0.4) is 0 Å². The van der Waals surface area contributed by atoms with E-state index in [-0.39, 0.29) is 17.6 Å². The normalized spacial score (nSPS) is 12.2. The average molecular weight is 261 g/mol. The molecule has 0 saturated carbocycles. The maximum Gasteiger partial charge on any atom is 0.234 e. The van der Waals surface area contributed by atoms with Gasteiger partial charge in [-0.15, -0.1) is 0 Å². The molecule has 0 aliphatic heterocycles. The van der Waals surface area contributed by atoms with E-state index in [1.165, 1.54) is 12.1 Å². The Labute approximate surface area is 111 Å². The first kappa shape index (κ1) is 13.3. The van der Waals surface area contributed by atoms with Crippen molar-refractivity contribution in [2.24, 2.45) is 0 Å². The summed E-state index contributed by atoms with van der Waals surface area (Å²) in [4.78, 5) is 19.1. The molecule has 0 spiro atoms. The summed E-state index contributed by atoms with van der Waals surface area (Å²) in [5, 5.41) is 2.73. The molecule has 1 aromatic carbocycles. The lowest BCUT2D eigenvalue weighted by molar-refractivity contribution is -0.117. The minimum atomic E-state index is -0.314. The van der Waals surface area contributed by atoms with Crippen LogP contribution in [-0.2, 0) is 4.79 Å². The molecule has 1 heterocycles. The van der Waals surface area contributed by atoms with Crippen molar-refractivity contribution >= 4 is 11.9 Å². The zero-order chi connectivity index (χ0) is 13.8. The molecule has 0 aliphatic rings. The highest BCUT2D eigenvalue weighted by atomic mass is 19.1. The molecule has 2 aromatic rings. The minimum Gasteiger partial charge on any atom is -0.328 e. The average Bonchev–Trinajstić information content (AvgIpc) is 2.78. The zero-order valence-electron chi connectivity index (χ0n) is 10.9. The van der Waals surface area contributed by atoms with E-state index in [9.17, 15) is 9.18 Å². The van der Waals surface area contributed by atoms with Gasteiger partial charge in [-0.1, -0.05) is 19.1 Å². The van der Waals surface area contributed by atoms with Gasteiger partial charge in [0.1, 0.15) is 5.82 Å². The van der Waals surface area contributed by atoms with Crippen LogP contribution in [0.2, 0.25) is 0 Å². The third-order valence-electron chi connectivity index (χ3n) is 2.94. The quantitative estimate of drug-likeness (QED) is 0.888.